The highest BCUT2D eigenvalue weighted by Crippen LogP contribution is 2.31. The smallest absolute Gasteiger partial charge is 0.137 e. The molecule has 24 heavy (non-hydrogen) atoms. The lowest BCUT2D eigenvalue weighted by atomic mass is 9.98. The quantitative estimate of drug-likeness (QED) is 0.512. The molecule has 0 spiro atoms. The normalized spacial score (nSPS) is 9.50. The Morgan fingerprint density at radius 2 is 1.38 bits per heavy atom. The molecule has 2 rings (SSSR count). The van der Waals surface area contributed by atoms with E-state index in [4.69, 9.17) is 0 Å². The largest absolute Gasteiger partial charge is 0.192 e. The van der Waals surface area contributed by atoms with Crippen LogP contribution in [0, 0.1) is 22.7 Å². The van der Waals surface area contributed by atoms with E-state index in [0.717, 1.165) is 20.9 Å². The van der Waals surface area contributed by atoms with Crippen LogP contribution >= 0.6 is 23.5 Å². The van der Waals surface area contributed by atoms with Gasteiger partial charge in [0.05, 0.1) is 0 Å². The van der Waals surface area contributed by atoms with Gasteiger partial charge in [0.1, 0.15) is 17.7 Å². The summed E-state index contributed by atoms with van der Waals surface area (Å²) < 4.78 is 1.06. The van der Waals surface area contributed by atoms with Gasteiger partial charge in [0.15, 0.2) is 0 Å². The molecule has 0 unspecified atom stereocenters. The predicted molar refractivity (Wildman–Crippen MR) is 105 cm³/mol. The van der Waals surface area contributed by atoms with E-state index in [1.165, 1.54) is 0 Å². The van der Waals surface area contributed by atoms with Gasteiger partial charge in [-0.1, -0.05) is 54.6 Å². The second-order valence-electron chi connectivity index (χ2n) is 4.83. The lowest BCUT2D eigenvalue weighted by molar-refractivity contribution is 1.46. The second kappa shape index (κ2) is 9.03. The topological polar surface area (TPSA) is 47.6 Å². The van der Waals surface area contributed by atoms with Crippen molar-refractivity contribution < 1.29 is 0 Å². The molecule has 118 valence electrons. The molecule has 4 heteroatoms. The number of hydrogen-bond acceptors (Lipinski definition) is 4. The molecule has 0 N–H and O–H groups in total. The molecule has 0 saturated heterocycles. The van der Waals surface area contributed by atoms with Gasteiger partial charge in [0.25, 0.3) is 0 Å². The highest BCUT2D eigenvalue weighted by molar-refractivity contribution is 8.21. The van der Waals surface area contributed by atoms with Gasteiger partial charge in [-0.2, -0.15) is 10.5 Å². The summed E-state index contributed by atoms with van der Waals surface area (Å²) in [6, 6.07) is 22.1. The van der Waals surface area contributed by atoms with Crippen molar-refractivity contribution in [3.05, 3.63) is 76.0 Å². The highest BCUT2D eigenvalue weighted by atomic mass is 32.2. The van der Waals surface area contributed by atoms with E-state index in [2.05, 4.69) is 12.1 Å². The first kappa shape index (κ1) is 17.9. The molecular formula is C20H16N2S2. The summed E-state index contributed by atoms with van der Waals surface area (Å²) >= 11 is 3.20. The van der Waals surface area contributed by atoms with Crippen molar-refractivity contribution in [2.24, 2.45) is 0 Å². The Balaban J connectivity index is 2.49. The summed E-state index contributed by atoms with van der Waals surface area (Å²) in [5, 5.41) is 18.6. The third-order valence-corrected chi connectivity index (χ3v) is 5.50. The minimum absolute atomic E-state index is 0.128. The van der Waals surface area contributed by atoms with Crippen molar-refractivity contribution in [1.82, 2.24) is 0 Å². The first-order valence-corrected chi connectivity index (χ1v) is 9.68. The van der Waals surface area contributed by atoms with E-state index in [1.807, 2.05) is 73.2 Å². The van der Waals surface area contributed by atoms with Gasteiger partial charge in [-0.25, -0.2) is 0 Å². The summed E-state index contributed by atoms with van der Waals surface area (Å²) in [7, 11) is 0. The SMILES string of the molecule is CSC(=CC(=C(C#N)C#N)c1ccc(-c2ccccc2)cc1)SC. The number of benzene rings is 2. The Morgan fingerprint density at radius 1 is 0.833 bits per heavy atom. The maximum atomic E-state index is 9.28. The van der Waals surface area contributed by atoms with Crippen LogP contribution in [0.15, 0.2) is 70.5 Å². The molecule has 0 saturated carbocycles. The zero-order chi connectivity index (χ0) is 17.4. The third kappa shape index (κ3) is 4.32. The molecule has 2 aromatic carbocycles. The van der Waals surface area contributed by atoms with Crippen LogP contribution in [0.25, 0.3) is 16.7 Å². The first-order chi connectivity index (χ1) is 11.7. The molecule has 0 aliphatic heterocycles. The maximum Gasteiger partial charge on any atom is 0.137 e. The Hall–Kier alpha value is -2.40. The summed E-state index contributed by atoms with van der Waals surface area (Å²) in [6.07, 6.45) is 5.88. The highest BCUT2D eigenvalue weighted by Gasteiger charge is 2.09. The first-order valence-electron chi connectivity index (χ1n) is 7.23. The minimum atomic E-state index is 0.128. The Morgan fingerprint density at radius 3 is 1.88 bits per heavy atom. The van der Waals surface area contributed by atoms with E-state index in [1.54, 1.807) is 23.5 Å². The molecule has 0 aliphatic carbocycles. The lowest BCUT2D eigenvalue weighted by Crippen LogP contribution is -1.88. The number of allylic oxidation sites excluding steroid dienone is 3. The monoisotopic (exact) mass is 348 g/mol. The van der Waals surface area contributed by atoms with Gasteiger partial charge in [-0.05, 0) is 35.3 Å². The number of rotatable bonds is 5. The average Bonchev–Trinajstić information content (AvgIpc) is 2.66. The molecule has 2 nitrogen and oxygen atoms in total. The van der Waals surface area contributed by atoms with E-state index in [-0.39, 0.29) is 5.57 Å². The van der Waals surface area contributed by atoms with Gasteiger partial charge in [0.2, 0.25) is 0 Å². The molecule has 0 heterocycles. The molecule has 0 aromatic heterocycles. The van der Waals surface area contributed by atoms with Crippen molar-refractivity contribution in [2.75, 3.05) is 12.5 Å². The van der Waals surface area contributed by atoms with E-state index in [9.17, 15) is 10.5 Å². The van der Waals surface area contributed by atoms with Crippen LogP contribution in [0.4, 0.5) is 0 Å². The number of thioether (sulfide) groups is 2. The van der Waals surface area contributed by atoms with Crippen molar-refractivity contribution in [3.63, 3.8) is 0 Å². The van der Waals surface area contributed by atoms with Crippen LogP contribution in [0.1, 0.15) is 5.56 Å². The van der Waals surface area contributed by atoms with Gasteiger partial charge in [0, 0.05) is 9.81 Å². The predicted octanol–water partition coefficient (Wildman–Crippen LogP) is 5.72. The standard InChI is InChI=1S/C20H16N2S2/c1-23-20(24-2)12-19(18(13-21)14-22)17-10-8-16(9-11-17)15-6-4-3-5-7-15/h3-12H,1-2H3. The molecule has 0 bridgehead atoms. The Labute approximate surface area is 151 Å². The second-order valence-corrected chi connectivity index (χ2v) is 6.78. The van der Waals surface area contributed by atoms with Gasteiger partial charge in [-0.3, -0.25) is 0 Å². The fraction of sp³-hybridized carbons (Fsp3) is 0.100. The summed E-state index contributed by atoms with van der Waals surface area (Å²) in [4.78, 5) is 0. The zero-order valence-electron chi connectivity index (χ0n) is 13.5. The van der Waals surface area contributed by atoms with E-state index < -0.39 is 0 Å². The van der Waals surface area contributed by atoms with E-state index in [0.29, 0.717) is 5.57 Å². The number of hydrogen-bond donors (Lipinski definition) is 0. The number of nitrogens with zero attached hydrogens (tertiary/aromatic N) is 2. The average molecular weight is 348 g/mol. The van der Waals surface area contributed by atoms with Crippen LogP contribution < -0.4 is 0 Å². The third-order valence-electron chi connectivity index (χ3n) is 3.46. The zero-order valence-corrected chi connectivity index (χ0v) is 15.1. The van der Waals surface area contributed by atoms with Crippen LogP contribution in [-0.4, -0.2) is 12.5 Å². The van der Waals surface area contributed by atoms with Crippen LogP contribution in [0.3, 0.4) is 0 Å². The van der Waals surface area contributed by atoms with Crippen molar-refractivity contribution in [1.29, 1.82) is 10.5 Å². The fourth-order valence-electron chi connectivity index (χ4n) is 2.24. The fourth-order valence-corrected chi connectivity index (χ4v) is 3.38. The minimum Gasteiger partial charge on any atom is -0.192 e. The van der Waals surface area contributed by atoms with Crippen LogP contribution in [0.5, 0.6) is 0 Å². The van der Waals surface area contributed by atoms with Crippen molar-refractivity contribution >= 4 is 29.1 Å². The Kier molecular flexibility index (Phi) is 6.75. The van der Waals surface area contributed by atoms with Gasteiger partial charge >= 0.3 is 0 Å². The van der Waals surface area contributed by atoms with Crippen LogP contribution in [0.2, 0.25) is 0 Å². The Bertz CT molecular complexity index is 814. The summed E-state index contributed by atoms with van der Waals surface area (Å²) in [5.74, 6) is 0. The van der Waals surface area contributed by atoms with E-state index >= 15 is 0 Å². The molecule has 2 aromatic rings. The maximum absolute atomic E-state index is 9.28. The van der Waals surface area contributed by atoms with Gasteiger partial charge < -0.3 is 0 Å². The van der Waals surface area contributed by atoms with Crippen molar-refractivity contribution in [3.8, 4) is 23.3 Å². The summed E-state index contributed by atoms with van der Waals surface area (Å²) in [5.41, 5.74) is 3.91. The number of nitriles is 2. The molecule has 0 atom stereocenters. The van der Waals surface area contributed by atoms with Crippen molar-refractivity contribution in [2.45, 2.75) is 0 Å². The van der Waals surface area contributed by atoms with Crippen LogP contribution in [-0.2, 0) is 0 Å². The van der Waals surface area contributed by atoms with Gasteiger partial charge in [-0.15, -0.1) is 23.5 Å². The lowest BCUT2D eigenvalue weighted by Gasteiger charge is -2.08. The molecule has 0 aliphatic rings. The molecule has 0 fully saturated rings. The molecule has 0 amide bonds. The molecular weight excluding hydrogens is 332 g/mol. The molecule has 0 radical (unpaired) electrons. The summed E-state index contributed by atoms with van der Waals surface area (Å²) in [6.45, 7) is 0.